The van der Waals surface area contributed by atoms with Crippen LogP contribution in [0.3, 0.4) is 0 Å². The van der Waals surface area contributed by atoms with Gasteiger partial charge in [-0.1, -0.05) is 43.4 Å². The SMILES string of the molecule is CC/C=C\C/C=C\C/C=C\CCCc1cc(O)cc(O)c1. The number of aryl methyl sites for hydroxylation is 1. The summed E-state index contributed by atoms with van der Waals surface area (Å²) in [6.45, 7) is 2.14. The molecule has 0 spiro atoms. The minimum absolute atomic E-state index is 0.128. The predicted octanol–water partition coefficient (Wildman–Crippen LogP) is 5.28. The molecular formula is C19H26O2. The van der Waals surface area contributed by atoms with Gasteiger partial charge in [-0.05, 0) is 56.2 Å². The van der Waals surface area contributed by atoms with E-state index in [1.807, 2.05) is 0 Å². The zero-order chi connectivity index (χ0) is 15.3. The molecule has 0 aliphatic heterocycles. The van der Waals surface area contributed by atoms with Crippen molar-refractivity contribution < 1.29 is 10.2 Å². The minimum atomic E-state index is 0.128. The largest absolute Gasteiger partial charge is 0.508 e. The molecule has 0 heterocycles. The van der Waals surface area contributed by atoms with Gasteiger partial charge in [-0.15, -0.1) is 0 Å². The maximum absolute atomic E-state index is 9.38. The fourth-order valence-corrected chi connectivity index (χ4v) is 2.05. The number of phenolic OH excluding ortho intramolecular Hbond substituents is 2. The summed E-state index contributed by atoms with van der Waals surface area (Å²) in [5.41, 5.74) is 0.975. The fourth-order valence-electron chi connectivity index (χ4n) is 2.05. The lowest BCUT2D eigenvalue weighted by Crippen LogP contribution is -1.84. The van der Waals surface area contributed by atoms with Crippen LogP contribution >= 0.6 is 0 Å². The number of benzene rings is 1. The molecule has 1 aromatic rings. The minimum Gasteiger partial charge on any atom is -0.508 e. The van der Waals surface area contributed by atoms with E-state index in [-0.39, 0.29) is 11.5 Å². The first-order chi connectivity index (χ1) is 10.2. The first-order valence-corrected chi connectivity index (χ1v) is 7.69. The Morgan fingerprint density at radius 3 is 2.00 bits per heavy atom. The maximum atomic E-state index is 9.38. The number of allylic oxidation sites excluding steroid dienone is 6. The number of aromatic hydroxyl groups is 2. The van der Waals surface area contributed by atoms with Gasteiger partial charge in [0.1, 0.15) is 11.5 Å². The Kier molecular flexibility index (Phi) is 8.78. The summed E-state index contributed by atoms with van der Waals surface area (Å²) in [5, 5.41) is 18.8. The molecule has 0 amide bonds. The van der Waals surface area contributed by atoms with Gasteiger partial charge >= 0.3 is 0 Å². The molecule has 0 saturated carbocycles. The molecule has 0 bridgehead atoms. The van der Waals surface area contributed by atoms with E-state index in [4.69, 9.17) is 0 Å². The van der Waals surface area contributed by atoms with E-state index in [9.17, 15) is 10.2 Å². The molecule has 0 aliphatic rings. The highest BCUT2D eigenvalue weighted by Gasteiger charge is 1.98. The summed E-state index contributed by atoms with van der Waals surface area (Å²) in [6.07, 6.45) is 19.1. The molecule has 1 aromatic carbocycles. The van der Waals surface area contributed by atoms with Crippen LogP contribution in [0.2, 0.25) is 0 Å². The third kappa shape index (κ3) is 8.74. The van der Waals surface area contributed by atoms with E-state index in [0.29, 0.717) is 0 Å². The fraction of sp³-hybridized carbons (Fsp3) is 0.368. The Hall–Kier alpha value is -1.96. The second-order valence-electron chi connectivity index (χ2n) is 5.04. The zero-order valence-corrected chi connectivity index (χ0v) is 12.8. The number of hydrogen-bond donors (Lipinski definition) is 2. The van der Waals surface area contributed by atoms with Crippen LogP contribution in [0.15, 0.2) is 54.7 Å². The first-order valence-electron chi connectivity index (χ1n) is 7.69. The second-order valence-corrected chi connectivity index (χ2v) is 5.04. The van der Waals surface area contributed by atoms with Crippen LogP contribution in [0.5, 0.6) is 11.5 Å². The van der Waals surface area contributed by atoms with Gasteiger partial charge in [0.2, 0.25) is 0 Å². The van der Waals surface area contributed by atoms with Crippen LogP contribution < -0.4 is 0 Å². The number of phenols is 2. The summed E-state index contributed by atoms with van der Waals surface area (Å²) in [7, 11) is 0. The van der Waals surface area contributed by atoms with Crippen LogP contribution in [0.4, 0.5) is 0 Å². The van der Waals surface area contributed by atoms with Gasteiger partial charge < -0.3 is 10.2 Å². The van der Waals surface area contributed by atoms with Crippen LogP contribution in [0.25, 0.3) is 0 Å². The molecule has 0 atom stereocenters. The van der Waals surface area contributed by atoms with Crippen molar-refractivity contribution >= 4 is 0 Å². The Labute approximate surface area is 128 Å². The van der Waals surface area contributed by atoms with Gasteiger partial charge in [-0.3, -0.25) is 0 Å². The Morgan fingerprint density at radius 2 is 1.38 bits per heavy atom. The molecule has 0 aromatic heterocycles. The molecule has 2 nitrogen and oxygen atoms in total. The Bertz CT molecular complexity index is 464. The number of hydrogen-bond acceptors (Lipinski definition) is 2. The van der Waals surface area contributed by atoms with E-state index < -0.39 is 0 Å². The van der Waals surface area contributed by atoms with Crippen LogP contribution in [0.1, 0.15) is 44.6 Å². The van der Waals surface area contributed by atoms with E-state index in [1.165, 1.54) is 6.07 Å². The highest BCUT2D eigenvalue weighted by molar-refractivity contribution is 5.36. The van der Waals surface area contributed by atoms with Crippen molar-refractivity contribution in [1.29, 1.82) is 0 Å². The Morgan fingerprint density at radius 1 is 0.810 bits per heavy atom. The summed E-state index contributed by atoms with van der Waals surface area (Å²) in [5.74, 6) is 0.255. The van der Waals surface area contributed by atoms with Crippen molar-refractivity contribution in [2.45, 2.75) is 45.4 Å². The molecule has 0 saturated heterocycles. The lowest BCUT2D eigenvalue weighted by atomic mass is 10.1. The van der Waals surface area contributed by atoms with Gasteiger partial charge in [0, 0.05) is 6.07 Å². The molecular weight excluding hydrogens is 260 g/mol. The standard InChI is InChI=1S/C19H26O2/c1-2-3-4-5-6-7-8-9-10-11-12-13-17-14-18(20)16-19(21)15-17/h3-4,6-7,9-10,14-16,20-21H,2,5,8,11-13H2,1H3/b4-3-,7-6-,10-9-. The highest BCUT2D eigenvalue weighted by atomic mass is 16.3. The van der Waals surface area contributed by atoms with Crippen molar-refractivity contribution in [2.75, 3.05) is 0 Å². The van der Waals surface area contributed by atoms with Crippen molar-refractivity contribution in [3.05, 3.63) is 60.2 Å². The molecule has 114 valence electrons. The van der Waals surface area contributed by atoms with Gasteiger partial charge in [0.25, 0.3) is 0 Å². The molecule has 21 heavy (non-hydrogen) atoms. The monoisotopic (exact) mass is 286 g/mol. The summed E-state index contributed by atoms with van der Waals surface area (Å²) >= 11 is 0. The zero-order valence-electron chi connectivity index (χ0n) is 12.8. The average molecular weight is 286 g/mol. The third-order valence-electron chi connectivity index (χ3n) is 3.08. The van der Waals surface area contributed by atoms with Crippen molar-refractivity contribution in [2.24, 2.45) is 0 Å². The van der Waals surface area contributed by atoms with Crippen molar-refractivity contribution in [1.82, 2.24) is 0 Å². The molecule has 2 N–H and O–H groups in total. The average Bonchev–Trinajstić information content (AvgIpc) is 2.44. The normalized spacial score (nSPS) is 12.0. The van der Waals surface area contributed by atoms with Crippen molar-refractivity contribution in [3.8, 4) is 11.5 Å². The van der Waals surface area contributed by atoms with Crippen LogP contribution in [-0.2, 0) is 6.42 Å². The summed E-state index contributed by atoms with van der Waals surface area (Å²) < 4.78 is 0. The molecule has 0 fully saturated rings. The lowest BCUT2D eigenvalue weighted by Gasteiger charge is -2.02. The topological polar surface area (TPSA) is 40.5 Å². The van der Waals surface area contributed by atoms with Gasteiger partial charge in [0.05, 0.1) is 0 Å². The molecule has 0 aliphatic carbocycles. The predicted molar refractivity (Wildman–Crippen MR) is 89.7 cm³/mol. The van der Waals surface area contributed by atoms with Crippen molar-refractivity contribution in [3.63, 3.8) is 0 Å². The summed E-state index contributed by atoms with van der Waals surface area (Å²) in [6, 6.07) is 4.76. The molecule has 0 unspecified atom stereocenters. The van der Waals surface area contributed by atoms with Crippen LogP contribution in [-0.4, -0.2) is 10.2 Å². The highest BCUT2D eigenvalue weighted by Crippen LogP contribution is 2.21. The summed E-state index contributed by atoms with van der Waals surface area (Å²) in [4.78, 5) is 0. The third-order valence-corrected chi connectivity index (χ3v) is 3.08. The van der Waals surface area contributed by atoms with E-state index in [0.717, 1.165) is 44.1 Å². The second kappa shape index (κ2) is 10.8. The maximum Gasteiger partial charge on any atom is 0.119 e. The van der Waals surface area contributed by atoms with E-state index in [2.05, 4.69) is 43.4 Å². The van der Waals surface area contributed by atoms with Gasteiger partial charge in [-0.2, -0.15) is 0 Å². The number of unbranched alkanes of at least 4 members (excludes halogenated alkanes) is 1. The van der Waals surface area contributed by atoms with Gasteiger partial charge in [-0.25, -0.2) is 0 Å². The lowest BCUT2D eigenvalue weighted by molar-refractivity contribution is 0.449. The smallest absolute Gasteiger partial charge is 0.119 e. The van der Waals surface area contributed by atoms with E-state index in [1.54, 1.807) is 12.1 Å². The van der Waals surface area contributed by atoms with E-state index >= 15 is 0 Å². The quantitative estimate of drug-likeness (QED) is 0.479. The molecule has 1 rings (SSSR count). The molecule has 0 radical (unpaired) electrons. The molecule has 2 heteroatoms. The van der Waals surface area contributed by atoms with Crippen LogP contribution in [0, 0.1) is 0 Å². The first kappa shape index (κ1) is 17.1. The number of rotatable bonds is 9. The van der Waals surface area contributed by atoms with Gasteiger partial charge in [0.15, 0.2) is 0 Å². The Balaban J connectivity index is 2.13.